The van der Waals surface area contributed by atoms with Crippen LogP contribution in [0.1, 0.15) is 220 Å². The first kappa shape index (κ1) is 58.5. The summed E-state index contributed by atoms with van der Waals surface area (Å²) in [7, 11) is 4.62. The quantitative estimate of drug-likeness (QED) is 0.0439. The van der Waals surface area contributed by atoms with Crippen LogP contribution in [-0.4, -0.2) is 107 Å². The first-order valence-electron chi connectivity index (χ1n) is 28.0. The Morgan fingerprint density at radius 2 is 1.04 bits per heavy atom. The lowest BCUT2D eigenvalue weighted by Crippen LogP contribution is -2.34. The van der Waals surface area contributed by atoms with Crippen LogP contribution < -0.4 is 5.73 Å². The van der Waals surface area contributed by atoms with Crippen LogP contribution in [0.4, 0.5) is 5.82 Å². The summed E-state index contributed by atoms with van der Waals surface area (Å²) in [6.45, 7) is 20.1. The van der Waals surface area contributed by atoms with E-state index in [1.807, 2.05) is 45.0 Å². The second-order valence-corrected chi connectivity index (χ2v) is 20.7. The number of aromatic nitrogens is 3. The summed E-state index contributed by atoms with van der Waals surface area (Å²) in [6.07, 6.45) is 36.5. The van der Waals surface area contributed by atoms with Crippen LogP contribution in [0.5, 0.6) is 0 Å². The summed E-state index contributed by atoms with van der Waals surface area (Å²) in [5, 5.41) is 0.970. The van der Waals surface area contributed by atoms with E-state index in [1.165, 1.54) is 180 Å². The third kappa shape index (κ3) is 25.6. The molecule has 0 aliphatic heterocycles. The number of hydrogen-bond donors (Lipinski definition) is 1. The molecular formula is C57H103N7O3. The first-order chi connectivity index (χ1) is 32.6. The van der Waals surface area contributed by atoms with Crippen LogP contribution in [0.25, 0.3) is 21.9 Å². The predicted molar refractivity (Wildman–Crippen MR) is 287 cm³/mol. The molecule has 0 aliphatic rings. The van der Waals surface area contributed by atoms with Gasteiger partial charge in [-0.2, -0.15) is 0 Å². The van der Waals surface area contributed by atoms with E-state index in [2.05, 4.69) is 52.2 Å². The number of nitrogen functional groups attached to an aromatic ring is 1. The Bertz CT molecular complexity index is 1690. The fourth-order valence-corrected chi connectivity index (χ4v) is 9.71. The summed E-state index contributed by atoms with van der Waals surface area (Å²) in [4.78, 5) is 30.6. The number of hydrogen-bond acceptors (Lipinski definition) is 9. The highest BCUT2D eigenvalue weighted by Crippen LogP contribution is 2.31. The molecule has 0 unspecified atom stereocenters. The highest BCUT2D eigenvalue weighted by molar-refractivity contribution is 6.06. The van der Waals surface area contributed by atoms with Gasteiger partial charge in [0, 0.05) is 18.4 Å². The Kier molecular flexibility index (Phi) is 31.6. The van der Waals surface area contributed by atoms with Crippen molar-refractivity contribution in [1.82, 2.24) is 29.2 Å². The molecule has 0 fully saturated rings. The lowest BCUT2D eigenvalue weighted by Gasteiger charge is -2.27. The second-order valence-electron chi connectivity index (χ2n) is 20.7. The van der Waals surface area contributed by atoms with Crippen molar-refractivity contribution in [2.24, 2.45) is 0 Å². The number of carbonyl (C=O) groups excluding carboxylic acids is 1. The maximum absolute atomic E-state index is 13.3. The molecule has 0 aliphatic carbocycles. The fourth-order valence-electron chi connectivity index (χ4n) is 9.71. The van der Waals surface area contributed by atoms with Crippen LogP contribution in [0.15, 0.2) is 24.3 Å². The molecule has 67 heavy (non-hydrogen) atoms. The van der Waals surface area contributed by atoms with Gasteiger partial charge < -0.3 is 34.5 Å². The van der Waals surface area contributed by atoms with Gasteiger partial charge in [0.05, 0.1) is 17.6 Å². The minimum Gasteiger partial charge on any atom is -0.458 e. The monoisotopic (exact) mass is 934 g/mol. The Balaban J connectivity index is 1.38. The molecule has 0 spiro atoms. The average molecular weight is 934 g/mol. The molecule has 0 bridgehead atoms. The molecule has 0 radical (unpaired) electrons. The second kappa shape index (κ2) is 36.2. The molecular weight excluding hydrogens is 831 g/mol. The van der Waals surface area contributed by atoms with Crippen LogP contribution in [0.2, 0.25) is 0 Å². The third-order valence-corrected chi connectivity index (χ3v) is 13.7. The first-order valence-corrected chi connectivity index (χ1v) is 28.0. The molecule has 0 saturated heterocycles. The van der Waals surface area contributed by atoms with E-state index < -0.39 is 5.60 Å². The number of esters is 1. The molecule has 10 heteroatoms. The summed E-state index contributed by atoms with van der Waals surface area (Å²) >= 11 is 0. The molecule has 384 valence electrons. The lowest BCUT2D eigenvalue weighted by atomic mass is 10.1. The zero-order chi connectivity index (χ0) is 48.4. The Morgan fingerprint density at radius 3 is 1.58 bits per heavy atom. The summed E-state index contributed by atoms with van der Waals surface area (Å²) in [6, 6.07) is 7.98. The van der Waals surface area contributed by atoms with E-state index in [-0.39, 0.29) is 5.97 Å². The Morgan fingerprint density at radius 1 is 0.597 bits per heavy atom. The number of benzene rings is 1. The van der Waals surface area contributed by atoms with Crippen molar-refractivity contribution in [2.45, 2.75) is 233 Å². The van der Waals surface area contributed by atoms with E-state index >= 15 is 0 Å². The number of nitrogens with two attached hydrogens (primary N) is 1. The van der Waals surface area contributed by atoms with Gasteiger partial charge in [-0.25, -0.2) is 9.97 Å². The third-order valence-electron chi connectivity index (χ3n) is 13.7. The standard InChI is InChI=1S/C57H103N7O3/c1-8-11-13-15-17-19-21-23-25-27-33-41-61(6)42-36-43-62(7)44-37-47-63(45-34-28-26-24-22-20-18-16-14-12-9-2)46-35-29-30-40-53(65)67-57(4,5)49-64-52(48-66-10-3)60-54-55(64)50-38-31-32-39-51(50)59-56(54)58/h31-32,38-39H,8-30,33-37,40-49H2,1-7H3,(H2,58,59). The van der Waals surface area contributed by atoms with Crippen molar-refractivity contribution in [3.05, 3.63) is 30.1 Å². The minimum absolute atomic E-state index is 0.145. The van der Waals surface area contributed by atoms with Crippen molar-refractivity contribution in [3.63, 3.8) is 0 Å². The van der Waals surface area contributed by atoms with Crippen molar-refractivity contribution in [3.8, 4) is 0 Å². The average Bonchev–Trinajstić information content (AvgIpc) is 3.66. The van der Waals surface area contributed by atoms with Gasteiger partial charge in [-0.15, -0.1) is 0 Å². The van der Waals surface area contributed by atoms with Gasteiger partial charge in [0.2, 0.25) is 0 Å². The number of carbonyl (C=O) groups is 1. The Labute approximate surface area is 411 Å². The molecule has 2 N–H and O–H groups in total. The summed E-state index contributed by atoms with van der Waals surface area (Å²) in [5.41, 5.74) is 8.03. The molecule has 3 aromatic rings. The smallest absolute Gasteiger partial charge is 0.306 e. The van der Waals surface area contributed by atoms with Crippen LogP contribution >= 0.6 is 0 Å². The number of rotatable bonds is 44. The van der Waals surface area contributed by atoms with Crippen molar-refractivity contribution in [1.29, 1.82) is 0 Å². The SMILES string of the molecule is CCCCCCCCCCCCCN(C)CCCN(C)CCCN(CCCCCCCCCCCCC)CCCCCC(=O)OC(C)(C)Cn1c(COCC)nc2c(N)nc3ccccc3c21. The number of fused-ring (bicyclic) bond motifs is 3. The van der Waals surface area contributed by atoms with E-state index in [1.54, 1.807) is 0 Å². The molecule has 0 amide bonds. The van der Waals surface area contributed by atoms with Gasteiger partial charge in [-0.1, -0.05) is 167 Å². The van der Waals surface area contributed by atoms with Gasteiger partial charge in [0.15, 0.2) is 5.82 Å². The van der Waals surface area contributed by atoms with Crippen molar-refractivity contribution in [2.75, 3.05) is 72.2 Å². The van der Waals surface area contributed by atoms with E-state index in [0.717, 1.165) is 61.1 Å². The topological polar surface area (TPSA) is 102 Å². The lowest BCUT2D eigenvalue weighted by molar-refractivity contribution is -0.157. The van der Waals surface area contributed by atoms with Crippen LogP contribution in [-0.2, 0) is 27.4 Å². The number of pyridine rings is 1. The maximum atomic E-state index is 13.3. The zero-order valence-electron chi connectivity index (χ0n) is 44.7. The number of para-hydroxylation sites is 1. The number of anilines is 1. The highest BCUT2D eigenvalue weighted by Gasteiger charge is 2.28. The Hall–Kier alpha value is -2.79. The number of nitrogens with zero attached hydrogens (tertiary/aromatic N) is 6. The number of imidazole rings is 1. The van der Waals surface area contributed by atoms with Gasteiger partial charge in [0.1, 0.15) is 23.5 Å². The summed E-state index contributed by atoms with van der Waals surface area (Å²) < 4.78 is 14.1. The van der Waals surface area contributed by atoms with E-state index in [0.29, 0.717) is 37.5 Å². The van der Waals surface area contributed by atoms with Gasteiger partial charge >= 0.3 is 5.97 Å². The molecule has 2 aromatic heterocycles. The van der Waals surface area contributed by atoms with Crippen LogP contribution in [0, 0.1) is 0 Å². The van der Waals surface area contributed by atoms with Gasteiger partial charge in [-0.3, -0.25) is 4.79 Å². The van der Waals surface area contributed by atoms with Gasteiger partial charge in [0.25, 0.3) is 0 Å². The van der Waals surface area contributed by atoms with Crippen molar-refractivity contribution >= 4 is 33.7 Å². The number of ether oxygens (including phenoxy) is 2. The zero-order valence-corrected chi connectivity index (χ0v) is 44.7. The maximum Gasteiger partial charge on any atom is 0.306 e. The van der Waals surface area contributed by atoms with E-state index in [4.69, 9.17) is 20.2 Å². The minimum atomic E-state index is -0.758. The molecule has 2 heterocycles. The molecule has 3 rings (SSSR count). The van der Waals surface area contributed by atoms with E-state index in [9.17, 15) is 4.79 Å². The predicted octanol–water partition coefficient (Wildman–Crippen LogP) is 14.2. The number of unbranched alkanes of at least 4 members (excludes halogenated alkanes) is 22. The van der Waals surface area contributed by atoms with Crippen molar-refractivity contribution < 1.29 is 14.3 Å². The highest BCUT2D eigenvalue weighted by atomic mass is 16.6. The summed E-state index contributed by atoms with van der Waals surface area (Å²) in [5.74, 6) is 1.000. The molecule has 0 saturated carbocycles. The fraction of sp³-hybridized carbons (Fsp3) is 0.807. The normalized spacial score (nSPS) is 12.3. The van der Waals surface area contributed by atoms with Crippen LogP contribution in [0.3, 0.4) is 0 Å². The van der Waals surface area contributed by atoms with Gasteiger partial charge in [-0.05, 0) is 125 Å². The molecule has 1 aromatic carbocycles. The molecule has 10 nitrogen and oxygen atoms in total. The molecule has 0 atom stereocenters. The largest absolute Gasteiger partial charge is 0.458 e.